The first-order valence-corrected chi connectivity index (χ1v) is 7.20. The van der Waals surface area contributed by atoms with Gasteiger partial charge in [0, 0.05) is 16.9 Å². The second-order valence-corrected chi connectivity index (χ2v) is 4.81. The number of halogens is 4. The van der Waals surface area contributed by atoms with Gasteiger partial charge in [0.25, 0.3) is 0 Å². The Kier molecular flexibility index (Phi) is 5.52. The highest BCUT2D eigenvalue weighted by atomic mass is 79.9. The van der Waals surface area contributed by atoms with Gasteiger partial charge in [-0.2, -0.15) is 0 Å². The first-order chi connectivity index (χ1) is 8.35. The number of benzene rings is 1. The van der Waals surface area contributed by atoms with Crippen LogP contribution in [0.15, 0.2) is 23.1 Å². The van der Waals surface area contributed by atoms with E-state index in [4.69, 9.17) is 0 Å². The normalized spacial score (nSPS) is 11.4. The van der Waals surface area contributed by atoms with Crippen LogP contribution in [0.2, 0.25) is 0 Å². The van der Waals surface area contributed by atoms with Crippen LogP contribution in [-0.4, -0.2) is 23.7 Å². The largest absolute Gasteiger partial charge is 0.573 e. The third-order valence-corrected chi connectivity index (χ3v) is 3.38. The van der Waals surface area contributed by atoms with E-state index >= 15 is 0 Å². The summed E-state index contributed by atoms with van der Waals surface area (Å²) in [4.78, 5) is 12.1. The standard InChI is InChI=1S/C11H10BrF3O2S/c1-18-9-2-3-10(17-11(13,14)15)7(5-9)4-8(16)6-12/h2-3,5H,4,6H2,1H3. The second kappa shape index (κ2) is 6.47. The van der Waals surface area contributed by atoms with Gasteiger partial charge in [-0.15, -0.1) is 24.9 Å². The SMILES string of the molecule is CSc1ccc(OC(F)(F)F)c(CC(=O)CBr)c1. The van der Waals surface area contributed by atoms with Gasteiger partial charge < -0.3 is 4.74 Å². The van der Waals surface area contributed by atoms with Crippen molar-refractivity contribution in [3.8, 4) is 5.75 Å². The van der Waals surface area contributed by atoms with Crippen molar-refractivity contribution in [1.29, 1.82) is 0 Å². The molecule has 0 aliphatic carbocycles. The van der Waals surface area contributed by atoms with Crippen molar-refractivity contribution < 1.29 is 22.7 Å². The molecule has 2 nitrogen and oxygen atoms in total. The number of carbonyl (C=O) groups excluding carboxylic acids is 1. The van der Waals surface area contributed by atoms with Gasteiger partial charge in [0.1, 0.15) is 11.5 Å². The summed E-state index contributed by atoms with van der Waals surface area (Å²) in [6.07, 6.45) is -3.05. The van der Waals surface area contributed by atoms with Crippen LogP contribution < -0.4 is 4.74 Å². The van der Waals surface area contributed by atoms with Crippen LogP contribution in [0, 0.1) is 0 Å². The number of ether oxygens (including phenoxy) is 1. The zero-order chi connectivity index (χ0) is 13.8. The van der Waals surface area contributed by atoms with Crippen LogP contribution in [0.25, 0.3) is 0 Å². The molecule has 0 N–H and O–H groups in total. The Bertz CT molecular complexity index is 435. The van der Waals surface area contributed by atoms with Gasteiger partial charge in [0.2, 0.25) is 0 Å². The van der Waals surface area contributed by atoms with Crippen LogP contribution in [0.4, 0.5) is 13.2 Å². The zero-order valence-corrected chi connectivity index (χ0v) is 11.8. The summed E-state index contributed by atoms with van der Waals surface area (Å²) >= 11 is 4.36. The van der Waals surface area contributed by atoms with Gasteiger partial charge in [0.05, 0.1) is 5.33 Å². The Labute approximate surface area is 115 Å². The van der Waals surface area contributed by atoms with Crippen LogP contribution in [-0.2, 0) is 11.2 Å². The first-order valence-electron chi connectivity index (χ1n) is 4.86. The molecule has 0 amide bonds. The molecule has 0 bridgehead atoms. The predicted octanol–water partition coefficient (Wildman–Crippen LogP) is 3.81. The van der Waals surface area contributed by atoms with Crippen LogP contribution in [0.3, 0.4) is 0 Å². The molecule has 0 spiro atoms. The van der Waals surface area contributed by atoms with Crippen LogP contribution >= 0.6 is 27.7 Å². The molecule has 0 aliphatic rings. The molecular formula is C11H10BrF3O2S. The number of ketones is 1. The fourth-order valence-corrected chi connectivity index (χ4v) is 1.97. The third-order valence-electron chi connectivity index (χ3n) is 2.03. The molecule has 0 atom stereocenters. The number of Topliss-reactive ketones (excluding diaryl/α,β-unsaturated/α-hetero) is 1. The van der Waals surface area contributed by atoms with Crippen molar-refractivity contribution >= 4 is 33.5 Å². The maximum absolute atomic E-state index is 12.2. The van der Waals surface area contributed by atoms with Gasteiger partial charge >= 0.3 is 6.36 Å². The summed E-state index contributed by atoms with van der Waals surface area (Å²) in [5, 5.41) is 0.0992. The minimum absolute atomic E-state index is 0.0922. The van der Waals surface area contributed by atoms with Crippen molar-refractivity contribution in [3.05, 3.63) is 23.8 Å². The Morgan fingerprint density at radius 1 is 1.44 bits per heavy atom. The number of hydrogen-bond donors (Lipinski definition) is 0. The molecular weight excluding hydrogens is 333 g/mol. The highest BCUT2D eigenvalue weighted by Crippen LogP contribution is 2.30. The van der Waals surface area contributed by atoms with Gasteiger partial charge in [-0.1, -0.05) is 15.9 Å². The molecule has 18 heavy (non-hydrogen) atoms. The Morgan fingerprint density at radius 3 is 2.61 bits per heavy atom. The van der Waals surface area contributed by atoms with E-state index in [9.17, 15) is 18.0 Å². The molecule has 1 rings (SSSR count). The van der Waals surface area contributed by atoms with Crippen molar-refractivity contribution in [2.45, 2.75) is 17.7 Å². The highest BCUT2D eigenvalue weighted by molar-refractivity contribution is 9.09. The molecule has 1 aromatic carbocycles. The highest BCUT2D eigenvalue weighted by Gasteiger charge is 2.32. The number of rotatable bonds is 5. The summed E-state index contributed by atoms with van der Waals surface area (Å²) in [7, 11) is 0. The minimum Gasteiger partial charge on any atom is -0.405 e. The Balaban J connectivity index is 3.04. The maximum atomic E-state index is 12.2. The molecule has 0 heterocycles. The van der Waals surface area contributed by atoms with E-state index < -0.39 is 6.36 Å². The molecule has 0 saturated heterocycles. The number of alkyl halides is 4. The number of thioether (sulfide) groups is 1. The van der Waals surface area contributed by atoms with E-state index in [0.717, 1.165) is 4.90 Å². The second-order valence-electron chi connectivity index (χ2n) is 3.37. The lowest BCUT2D eigenvalue weighted by Crippen LogP contribution is -2.19. The average molecular weight is 343 g/mol. The van der Waals surface area contributed by atoms with Crippen LogP contribution in [0.5, 0.6) is 5.75 Å². The molecule has 100 valence electrons. The fourth-order valence-electron chi connectivity index (χ4n) is 1.30. The monoisotopic (exact) mass is 342 g/mol. The van der Waals surface area contributed by atoms with E-state index in [2.05, 4.69) is 20.7 Å². The lowest BCUT2D eigenvalue weighted by atomic mass is 10.1. The maximum Gasteiger partial charge on any atom is 0.573 e. The average Bonchev–Trinajstić information content (AvgIpc) is 2.29. The van der Waals surface area contributed by atoms with Crippen molar-refractivity contribution in [1.82, 2.24) is 0 Å². The number of hydrogen-bond acceptors (Lipinski definition) is 3. The molecule has 0 unspecified atom stereocenters. The molecule has 1 aromatic rings. The van der Waals surface area contributed by atoms with Crippen molar-refractivity contribution in [3.63, 3.8) is 0 Å². The van der Waals surface area contributed by atoms with Crippen molar-refractivity contribution in [2.24, 2.45) is 0 Å². The quantitative estimate of drug-likeness (QED) is 0.601. The van der Waals surface area contributed by atoms with E-state index in [0.29, 0.717) is 0 Å². The predicted molar refractivity (Wildman–Crippen MR) is 67.4 cm³/mol. The lowest BCUT2D eigenvalue weighted by molar-refractivity contribution is -0.274. The molecule has 0 aliphatic heterocycles. The minimum atomic E-state index is -4.76. The fraction of sp³-hybridized carbons (Fsp3) is 0.364. The molecule has 0 fully saturated rings. The Hall–Kier alpha value is -0.690. The number of carbonyl (C=O) groups is 1. The van der Waals surface area contributed by atoms with E-state index in [1.54, 1.807) is 6.26 Å². The van der Waals surface area contributed by atoms with Crippen molar-refractivity contribution in [2.75, 3.05) is 11.6 Å². The van der Waals surface area contributed by atoms with Gasteiger partial charge in [-0.3, -0.25) is 4.79 Å². The molecule has 7 heteroatoms. The van der Waals surface area contributed by atoms with E-state index in [1.807, 2.05) is 0 Å². The summed E-state index contributed by atoms with van der Waals surface area (Å²) in [5.74, 6) is -0.533. The molecule has 0 saturated carbocycles. The zero-order valence-electron chi connectivity index (χ0n) is 9.38. The summed E-state index contributed by atoms with van der Waals surface area (Å²) < 4.78 is 40.5. The topological polar surface area (TPSA) is 26.3 Å². The summed E-state index contributed by atoms with van der Waals surface area (Å²) in [6.45, 7) is 0. The summed E-state index contributed by atoms with van der Waals surface area (Å²) in [5.41, 5.74) is 0.239. The van der Waals surface area contributed by atoms with Crippen LogP contribution in [0.1, 0.15) is 5.56 Å². The van der Waals surface area contributed by atoms with E-state index in [-0.39, 0.29) is 28.8 Å². The van der Waals surface area contributed by atoms with Gasteiger partial charge in [-0.05, 0) is 24.5 Å². The lowest BCUT2D eigenvalue weighted by Gasteiger charge is -2.13. The Morgan fingerprint density at radius 2 is 2.11 bits per heavy atom. The first kappa shape index (κ1) is 15.4. The van der Waals surface area contributed by atoms with Gasteiger partial charge in [0.15, 0.2) is 0 Å². The third kappa shape index (κ3) is 4.89. The summed E-state index contributed by atoms with van der Waals surface area (Å²) in [6, 6.07) is 4.29. The van der Waals surface area contributed by atoms with E-state index in [1.165, 1.54) is 30.0 Å². The molecule has 0 radical (unpaired) electrons. The van der Waals surface area contributed by atoms with Gasteiger partial charge in [-0.25, -0.2) is 0 Å². The molecule has 0 aromatic heterocycles. The smallest absolute Gasteiger partial charge is 0.405 e.